The lowest BCUT2D eigenvalue weighted by atomic mass is 9.84. The first kappa shape index (κ1) is 19.9. The Morgan fingerprint density at radius 1 is 1.32 bits per heavy atom. The van der Waals surface area contributed by atoms with Gasteiger partial charge in [-0.05, 0) is 57.4 Å². The molecule has 1 aliphatic carbocycles. The highest BCUT2D eigenvalue weighted by Crippen LogP contribution is 2.24. The van der Waals surface area contributed by atoms with Gasteiger partial charge >= 0.3 is 0 Å². The van der Waals surface area contributed by atoms with Gasteiger partial charge in [0.05, 0.1) is 4.90 Å². The van der Waals surface area contributed by atoms with Crippen LogP contribution in [0.3, 0.4) is 0 Å². The maximum absolute atomic E-state index is 12.6. The van der Waals surface area contributed by atoms with Crippen molar-refractivity contribution in [3.05, 3.63) is 29.8 Å². The average Bonchev–Trinajstić information content (AvgIpc) is 2.61. The van der Waals surface area contributed by atoms with E-state index in [9.17, 15) is 13.2 Å². The average molecular weight is 368 g/mol. The number of nitrogens with one attached hydrogen (secondary N) is 1. The summed E-state index contributed by atoms with van der Waals surface area (Å²) in [5.41, 5.74) is 6.18. The van der Waals surface area contributed by atoms with Gasteiger partial charge in [0.1, 0.15) is 0 Å². The first-order valence-corrected chi connectivity index (χ1v) is 10.3. The van der Waals surface area contributed by atoms with E-state index >= 15 is 0 Å². The van der Waals surface area contributed by atoms with Crippen LogP contribution in [-0.2, 0) is 10.0 Å². The molecule has 1 aliphatic rings. The summed E-state index contributed by atoms with van der Waals surface area (Å²) in [5, 5.41) is 3.04. The summed E-state index contributed by atoms with van der Waals surface area (Å²) < 4.78 is 26.5. The van der Waals surface area contributed by atoms with Crippen LogP contribution in [0.25, 0.3) is 0 Å². The highest BCUT2D eigenvalue weighted by atomic mass is 32.2. The maximum Gasteiger partial charge on any atom is 0.251 e. The third-order valence-electron chi connectivity index (χ3n) is 5.03. The van der Waals surface area contributed by atoms with Crippen molar-refractivity contribution in [2.75, 3.05) is 13.6 Å². The molecular weight excluding hydrogens is 338 g/mol. The first-order valence-electron chi connectivity index (χ1n) is 8.86. The van der Waals surface area contributed by atoms with E-state index in [1.165, 1.54) is 16.4 Å². The number of carbonyl (C=O) groups excluding carboxylic acids is 1. The van der Waals surface area contributed by atoms with Gasteiger partial charge in [-0.2, -0.15) is 4.31 Å². The fourth-order valence-corrected chi connectivity index (χ4v) is 4.59. The zero-order valence-corrected chi connectivity index (χ0v) is 16.1. The molecule has 1 saturated carbocycles. The molecule has 0 heterocycles. The molecule has 1 aromatic carbocycles. The highest BCUT2D eigenvalue weighted by Gasteiger charge is 2.27. The summed E-state index contributed by atoms with van der Waals surface area (Å²) in [6.07, 6.45) is 4.16. The summed E-state index contributed by atoms with van der Waals surface area (Å²) in [7, 11) is -2.07. The van der Waals surface area contributed by atoms with Crippen LogP contribution in [-0.4, -0.2) is 44.3 Å². The zero-order valence-electron chi connectivity index (χ0n) is 15.2. The molecule has 0 bridgehead atoms. The topological polar surface area (TPSA) is 92.5 Å². The second-order valence-electron chi connectivity index (χ2n) is 7.00. The normalized spacial score (nSPS) is 21.5. The predicted molar refractivity (Wildman–Crippen MR) is 98.8 cm³/mol. The van der Waals surface area contributed by atoms with Crippen LogP contribution in [0.1, 0.15) is 49.9 Å². The second-order valence-corrected chi connectivity index (χ2v) is 9.00. The molecule has 1 fully saturated rings. The minimum absolute atomic E-state index is 0.0600. The van der Waals surface area contributed by atoms with Crippen molar-refractivity contribution in [1.29, 1.82) is 0 Å². The van der Waals surface area contributed by atoms with Gasteiger partial charge in [0.15, 0.2) is 0 Å². The van der Waals surface area contributed by atoms with Crippen molar-refractivity contribution in [2.24, 2.45) is 11.7 Å². The van der Waals surface area contributed by atoms with Crippen LogP contribution in [0, 0.1) is 5.92 Å². The Hall–Kier alpha value is -1.44. The van der Waals surface area contributed by atoms with Crippen molar-refractivity contribution >= 4 is 15.9 Å². The molecule has 6 nitrogen and oxygen atoms in total. The molecule has 1 aromatic rings. The molecule has 2 rings (SSSR count). The molecule has 0 radical (unpaired) electrons. The van der Waals surface area contributed by atoms with Crippen molar-refractivity contribution in [3.63, 3.8) is 0 Å². The first-order chi connectivity index (χ1) is 11.8. The molecular formula is C18H29N3O3S. The van der Waals surface area contributed by atoms with Crippen LogP contribution in [0.4, 0.5) is 0 Å². The molecule has 2 unspecified atom stereocenters. The summed E-state index contributed by atoms with van der Waals surface area (Å²) >= 11 is 0. The molecule has 140 valence electrons. The molecule has 25 heavy (non-hydrogen) atoms. The van der Waals surface area contributed by atoms with Crippen LogP contribution in [0.2, 0.25) is 0 Å². The minimum Gasteiger partial charge on any atom is -0.349 e. The molecule has 0 aromatic heterocycles. The quantitative estimate of drug-likeness (QED) is 0.804. The van der Waals surface area contributed by atoms with Crippen LogP contribution in [0.5, 0.6) is 0 Å². The van der Waals surface area contributed by atoms with E-state index in [1.54, 1.807) is 19.2 Å². The van der Waals surface area contributed by atoms with Crippen molar-refractivity contribution in [2.45, 2.75) is 56.5 Å². The lowest BCUT2D eigenvalue weighted by Gasteiger charge is -2.31. The van der Waals surface area contributed by atoms with Gasteiger partial charge in [0.25, 0.3) is 5.91 Å². The number of nitrogens with two attached hydrogens (primary N) is 1. The third kappa shape index (κ3) is 4.59. The van der Waals surface area contributed by atoms with Gasteiger partial charge in [0, 0.05) is 24.7 Å². The van der Waals surface area contributed by atoms with Gasteiger partial charge < -0.3 is 11.1 Å². The van der Waals surface area contributed by atoms with Gasteiger partial charge in [-0.25, -0.2) is 8.42 Å². The predicted octanol–water partition coefficient (Wildman–Crippen LogP) is 1.96. The Kier molecular flexibility index (Phi) is 6.59. The van der Waals surface area contributed by atoms with Crippen molar-refractivity contribution in [1.82, 2.24) is 9.62 Å². The number of sulfonamides is 1. The summed E-state index contributed by atoms with van der Waals surface area (Å²) in [6.45, 7) is 4.17. The van der Waals surface area contributed by atoms with Crippen molar-refractivity contribution < 1.29 is 13.2 Å². The fraction of sp³-hybridized carbons (Fsp3) is 0.611. The van der Waals surface area contributed by atoms with E-state index in [0.717, 1.165) is 25.7 Å². The molecule has 2 atom stereocenters. The summed E-state index contributed by atoms with van der Waals surface area (Å²) in [5.74, 6) is 0.0475. The second kappa shape index (κ2) is 8.29. The van der Waals surface area contributed by atoms with E-state index in [-0.39, 0.29) is 28.8 Å². The van der Waals surface area contributed by atoms with E-state index in [1.807, 2.05) is 13.8 Å². The van der Waals surface area contributed by atoms with Gasteiger partial charge in [-0.3, -0.25) is 4.79 Å². The Bertz CT molecular complexity index is 703. The number of hydrogen-bond acceptors (Lipinski definition) is 4. The Balaban J connectivity index is 2.19. The number of hydrogen-bond donors (Lipinski definition) is 2. The molecule has 7 heteroatoms. The van der Waals surface area contributed by atoms with Crippen LogP contribution >= 0.6 is 0 Å². The van der Waals surface area contributed by atoms with Gasteiger partial charge in [-0.15, -0.1) is 0 Å². The number of carbonyl (C=O) groups is 1. The summed E-state index contributed by atoms with van der Waals surface area (Å²) in [6, 6.07) is 6.12. The Labute approximate surface area is 150 Å². The van der Waals surface area contributed by atoms with Crippen molar-refractivity contribution in [3.8, 4) is 0 Å². The van der Waals surface area contributed by atoms with Crippen LogP contribution < -0.4 is 11.1 Å². The smallest absolute Gasteiger partial charge is 0.251 e. The van der Waals surface area contributed by atoms with Gasteiger partial charge in [-0.1, -0.05) is 18.9 Å². The van der Waals surface area contributed by atoms with Gasteiger partial charge in [0.2, 0.25) is 10.0 Å². The number of amides is 1. The zero-order chi connectivity index (χ0) is 18.6. The van der Waals surface area contributed by atoms with E-state index in [0.29, 0.717) is 12.1 Å². The molecule has 1 amide bonds. The SMILES string of the molecule is CC(C)N(C)S(=O)(=O)c1cccc(C(=O)NC2CCCCC2CN)c1. The van der Waals surface area contributed by atoms with E-state index in [4.69, 9.17) is 5.73 Å². The third-order valence-corrected chi connectivity index (χ3v) is 7.06. The monoisotopic (exact) mass is 367 g/mol. The van der Waals surface area contributed by atoms with E-state index in [2.05, 4.69) is 5.32 Å². The molecule has 3 N–H and O–H groups in total. The number of nitrogens with zero attached hydrogens (tertiary/aromatic N) is 1. The lowest BCUT2D eigenvalue weighted by Crippen LogP contribution is -2.44. The number of benzene rings is 1. The Morgan fingerprint density at radius 3 is 2.64 bits per heavy atom. The lowest BCUT2D eigenvalue weighted by molar-refractivity contribution is 0.0908. The highest BCUT2D eigenvalue weighted by molar-refractivity contribution is 7.89. The number of rotatable bonds is 6. The minimum atomic E-state index is -3.61. The summed E-state index contributed by atoms with van der Waals surface area (Å²) in [4.78, 5) is 12.7. The maximum atomic E-state index is 12.6. The Morgan fingerprint density at radius 2 is 2.00 bits per heavy atom. The largest absolute Gasteiger partial charge is 0.349 e. The molecule has 0 aliphatic heterocycles. The standard InChI is InChI=1S/C18H29N3O3S/c1-13(2)21(3)25(23,24)16-9-6-8-14(11-16)18(22)20-17-10-5-4-7-15(17)12-19/h6,8-9,11,13,15,17H,4-5,7,10,12,19H2,1-3H3,(H,20,22). The molecule has 0 saturated heterocycles. The van der Waals surface area contributed by atoms with Crippen LogP contribution in [0.15, 0.2) is 29.2 Å². The van der Waals surface area contributed by atoms with E-state index < -0.39 is 10.0 Å². The fourth-order valence-electron chi connectivity index (χ4n) is 3.17. The molecule has 0 spiro atoms.